The van der Waals surface area contributed by atoms with E-state index in [1.54, 1.807) is 11.1 Å². The number of rotatable bonds is 3. The van der Waals surface area contributed by atoms with Gasteiger partial charge in [0, 0.05) is 6.42 Å². The van der Waals surface area contributed by atoms with Crippen LogP contribution in [0.3, 0.4) is 0 Å². The van der Waals surface area contributed by atoms with Crippen LogP contribution in [0, 0.1) is 34.5 Å². The zero-order valence-electron chi connectivity index (χ0n) is 17.6. The number of methoxy groups -OCH3 is 1. The Hall–Kier alpha value is -0.980. The van der Waals surface area contributed by atoms with Crippen LogP contribution < -0.4 is 0 Å². The largest absolute Gasteiger partial charge is 0.501 e. The molecule has 0 radical (unpaired) electrons. The Morgan fingerprint density at radius 3 is 2.73 bits per heavy atom. The van der Waals surface area contributed by atoms with Gasteiger partial charge in [-0.05, 0) is 98.0 Å². The van der Waals surface area contributed by atoms with E-state index in [9.17, 15) is 0 Å². The van der Waals surface area contributed by atoms with Crippen LogP contribution in [-0.2, 0) is 4.74 Å². The molecule has 4 aliphatic carbocycles. The van der Waals surface area contributed by atoms with E-state index < -0.39 is 0 Å². The van der Waals surface area contributed by atoms with Gasteiger partial charge >= 0.3 is 0 Å². The second kappa shape index (κ2) is 6.57. The molecule has 0 aromatic heterocycles. The Morgan fingerprint density at radius 2 is 2.00 bits per heavy atom. The summed E-state index contributed by atoms with van der Waals surface area (Å²) < 4.78 is 5.58. The summed E-state index contributed by atoms with van der Waals surface area (Å²) in [5.41, 5.74) is 4.20. The molecule has 4 rings (SSSR count). The van der Waals surface area contributed by atoms with Gasteiger partial charge in [-0.2, -0.15) is 0 Å². The third kappa shape index (κ3) is 2.56. The van der Waals surface area contributed by atoms with Gasteiger partial charge in [0.15, 0.2) is 0 Å². The summed E-state index contributed by atoms with van der Waals surface area (Å²) in [4.78, 5) is 0. The van der Waals surface area contributed by atoms with Crippen LogP contribution >= 0.6 is 0 Å². The van der Waals surface area contributed by atoms with Crippen molar-refractivity contribution in [1.29, 1.82) is 0 Å². The van der Waals surface area contributed by atoms with E-state index >= 15 is 0 Å². The fourth-order valence-corrected chi connectivity index (χ4v) is 7.67. The predicted octanol–water partition coefficient (Wildman–Crippen LogP) is 7.06. The van der Waals surface area contributed by atoms with Gasteiger partial charge in [0.2, 0.25) is 0 Å². The quantitative estimate of drug-likeness (QED) is 0.493. The van der Waals surface area contributed by atoms with Crippen molar-refractivity contribution in [2.24, 2.45) is 34.5 Å². The second-order valence-corrected chi connectivity index (χ2v) is 10.0. The molecule has 0 saturated heterocycles. The Balaban J connectivity index is 1.64. The molecular formula is C25H38O. The van der Waals surface area contributed by atoms with Gasteiger partial charge in [-0.15, -0.1) is 0 Å². The monoisotopic (exact) mass is 354 g/mol. The minimum absolute atomic E-state index is 0.388. The van der Waals surface area contributed by atoms with Crippen molar-refractivity contribution in [2.45, 2.75) is 79.1 Å². The van der Waals surface area contributed by atoms with Gasteiger partial charge in [-0.3, -0.25) is 0 Å². The SMILES string of the molecule is CC/C=C(\C)[C@H]1CC[C@H]2[C@@H]3CC=C4C=C(OC)CC[C@]4(C)[C@H]3CC[C@]12C. The molecule has 0 aromatic carbocycles. The third-order valence-electron chi connectivity index (χ3n) is 9.07. The lowest BCUT2D eigenvalue weighted by atomic mass is 9.48. The van der Waals surface area contributed by atoms with Crippen molar-refractivity contribution in [3.63, 3.8) is 0 Å². The molecule has 0 aromatic rings. The highest BCUT2D eigenvalue weighted by Gasteiger charge is 2.58. The summed E-state index contributed by atoms with van der Waals surface area (Å²) in [6.45, 7) is 9.90. The first-order valence-electron chi connectivity index (χ1n) is 11.1. The van der Waals surface area contributed by atoms with Crippen LogP contribution in [0.15, 0.2) is 35.1 Å². The minimum atomic E-state index is 0.388. The molecule has 0 heterocycles. The molecule has 1 heteroatoms. The highest BCUT2D eigenvalue weighted by Crippen LogP contribution is 2.66. The maximum atomic E-state index is 5.58. The lowest BCUT2D eigenvalue weighted by molar-refractivity contribution is -0.0318. The summed E-state index contributed by atoms with van der Waals surface area (Å²) in [6, 6.07) is 0. The number of hydrogen-bond donors (Lipinski definition) is 0. The van der Waals surface area contributed by atoms with Crippen LogP contribution in [0.5, 0.6) is 0 Å². The van der Waals surface area contributed by atoms with Gasteiger partial charge in [0.1, 0.15) is 0 Å². The van der Waals surface area contributed by atoms with Crippen LogP contribution in [0.25, 0.3) is 0 Å². The smallest absolute Gasteiger partial charge is 0.0958 e. The Bertz CT molecular complexity index is 653. The summed E-state index contributed by atoms with van der Waals surface area (Å²) in [7, 11) is 1.83. The van der Waals surface area contributed by atoms with E-state index in [1.807, 2.05) is 7.11 Å². The van der Waals surface area contributed by atoms with Crippen molar-refractivity contribution >= 4 is 0 Å². The number of hydrogen-bond acceptors (Lipinski definition) is 1. The normalized spacial score (nSPS) is 45.2. The van der Waals surface area contributed by atoms with Crippen molar-refractivity contribution < 1.29 is 4.74 Å². The standard InChI is InChI=1S/C25H38O/c1-6-7-17(2)21-10-11-22-20-9-8-18-16-19(26-5)12-14-24(18,3)23(20)13-15-25(21,22)4/h7-8,16,20-23H,6,9-15H2,1-5H3/b17-7+/t20-,21+,22-,23-,24-,25+/m0/s1. The van der Waals surface area contributed by atoms with E-state index in [0.29, 0.717) is 10.8 Å². The van der Waals surface area contributed by atoms with E-state index in [-0.39, 0.29) is 0 Å². The first-order valence-corrected chi connectivity index (χ1v) is 11.1. The summed E-state index contributed by atoms with van der Waals surface area (Å²) in [5.74, 6) is 4.73. The first kappa shape index (κ1) is 18.4. The molecule has 4 aliphatic rings. The molecule has 0 amide bonds. The van der Waals surface area contributed by atoms with Crippen LogP contribution in [0.2, 0.25) is 0 Å². The van der Waals surface area contributed by atoms with Gasteiger partial charge in [0.05, 0.1) is 12.9 Å². The van der Waals surface area contributed by atoms with E-state index in [4.69, 9.17) is 4.74 Å². The van der Waals surface area contributed by atoms with Crippen LogP contribution in [0.1, 0.15) is 79.1 Å². The van der Waals surface area contributed by atoms with E-state index in [0.717, 1.165) is 30.1 Å². The fourth-order valence-electron chi connectivity index (χ4n) is 7.67. The molecule has 144 valence electrons. The van der Waals surface area contributed by atoms with Crippen molar-refractivity contribution in [3.05, 3.63) is 35.1 Å². The maximum Gasteiger partial charge on any atom is 0.0958 e. The minimum Gasteiger partial charge on any atom is -0.501 e. The molecule has 0 unspecified atom stereocenters. The molecule has 2 saturated carbocycles. The molecule has 0 spiro atoms. The summed E-state index contributed by atoms with van der Waals surface area (Å²) in [6.07, 6.45) is 18.1. The second-order valence-electron chi connectivity index (χ2n) is 10.0. The highest BCUT2D eigenvalue weighted by molar-refractivity contribution is 5.36. The van der Waals surface area contributed by atoms with Gasteiger partial charge in [-0.25, -0.2) is 0 Å². The van der Waals surface area contributed by atoms with Crippen molar-refractivity contribution in [2.75, 3.05) is 7.11 Å². The number of allylic oxidation sites excluding steroid dienone is 6. The average Bonchev–Trinajstić information content (AvgIpc) is 2.98. The average molecular weight is 355 g/mol. The third-order valence-corrected chi connectivity index (χ3v) is 9.07. The highest BCUT2D eigenvalue weighted by atomic mass is 16.5. The molecule has 2 fully saturated rings. The Labute approximate surface area is 161 Å². The number of ether oxygens (including phenoxy) is 1. The first-order chi connectivity index (χ1) is 12.4. The molecule has 0 aliphatic heterocycles. The molecular weight excluding hydrogens is 316 g/mol. The maximum absolute atomic E-state index is 5.58. The summed E-state index contributed by atoms with van der Waals surface area (Å²) in [5, 5.41) is 0. The zero-order valence-corrected chi connectivity index (χ0v) is 17.6. The molecule has 0 bridgehead atoms. The van der Waals surface area contributed by atoms with E-state index in [2.05, 4.69) is 45.9 Å². The number of fused-ring (bicyclic) bond motifs is 5. The van der Waals surface area contributed by atoms with Crippen LogP contribution in [-0.4, -0.2) is 7.11 Å². The topological polar surface area (TPSA) is 9.23 Å². The fraction of sp³-hybridized carbons (Fsp3) is 0.760. The van der Waals surface area contributed by atoms with Gasteiger partial charge in [0.25, 0.3) is 0 Å². The van der Waals surface area contributed by atoms with Crippen molar-refractivity contribution in [1.82, 2.24) is 0 Å². The molecule has 1 nitrogen and oxygen atoms in total. The molecule has 0 N–H and O–H groups in total. The van der Waals surface area contributed by atoms with Gasteiger partial charge < -0.3 is 4.74 Å². The lowest BCUT2D eigenvalue weighted by Gasteiger charge is -2.57. The van der Waals surface area contributed by atoms with Crippen molar-refractivity contribution in [3.8, 4) is 0 Å². The van der Waals surface area contributed by atoms with Gasteiger partial charge in [-0.1, -0.05) is 38.5 Å². The molecule has 26 heavy (non-hydrogen) atoms. The van der Waals surface area contributed by atoms with Crippen LogP contribution in [0.4, 0.5) is 0 Å². The zero-order chi connectivity index (χ0) is 18.5. The Kier molecular flexibility index (Phi) is 4.65. The summed E-state index contributed by atoms with van der Waals surface area (Å²) >= 11 is 0. The lowest BCUT2D eigenvalue weighted by Crippen LogP contribution is -2.49. The molecule has 6 atom stereocenters. The predicted molar refractivity (Wildman–Crippen MR) is 110 cm³/mol. The Morgan fingerprint density at radius 1 is 1.19 bits per heavy atom. The van der Waals surface area contributed by atoms with E-state index in [1.165, 1.54) is 50.7 Å².